The van der Waals surface area contributed by atoms with Crippen LogP contribution in [0.4, 0.5) is 5.69 Å². The summed E-state index contributed by atoms with van der Waals surface area (Å²) < 4.78 is 5.35. The maximum Gasteiger partial charge on any atom is 0.253 e. The molecule has 1 aliphatic heterocycles. The first kappa shape index (κ1) is 16.5. The molecule has 5 nitrogen and oxygen atoms in total. The van der Waals surface area contributed by atoms with Crippen LogP contribution in [0.1, 0.15) is 50.4 Å². The Kier molecular flexibility index (Phi) is 5.19. The van der Waals surface area contributed by atoms with Gasteiger partial charge >= 0.3 is 0 Å². The predicted molar refractivity (Wildman–Crippen MR) is 85.9 cm³/mol. The van der Waals surface area contributed by atoms with Crippen molar-refractivity contribution in [1.82, 2.24) is 5.32 Å². The lowest BCUT2D eigenvalue weighted by Gasteiger charge is -2.24. The number of amides is 2. The third kappa shape index (κ3) is 4.31. The molecular formula is C17H24N2O3. The van der Waals surface area contributed by atoms with Crippen LogP contribution in [0.3, 0.4) is 0 Å². The smallest absolute Gasteiger partial charge is 0.253 e. The molecule has 0 radical (unpaired) electrons. The van der Waals surface area contributed by atoms with E-state index in [1.54, 1.807) is 24.3 Å². The van der Waals surface area contributed by atoms with Crippen molar-refractivity contribution in [2.24, 2.45) is 0 Å². The Morgan fingerprint density at radius 3 is 2.77 bits per heavy atom. The second-order valence-electron chi connectivity index (χ2n) is 6.26. The first-order valence-electron chi connectivity index (χ1n) is 7.76. The van der Waals surface area contributed by atoms with Gasteiger partial charge in [0.2, 0.25) is 0 Å². The third-order valence-corrected chi connectivity index (χ3v) is 3.95. The Morgan fingerprint density at radius 2 is 2.14 bits per heavy atom. The molecule has 2 N–H and O–H groups in total. The van der Waals surface area contributed by atoms with Crippen molar-refractivity contribution >= 4 is 17.5 Å². The van der Waals surface area contributed by atoms with Crippen LogP contribution in [0.2, 0.25) is 0 Å². The summed E-state index contributed by atoms with van der Waals surface area (Å²) in [6.45, 7) is 6.62. The molecule has 0 saturated carbocycles. The van der Waals surface area contributed by atoms with Crippen molar-refractivity contribution in [2.75, 3.05) is 11.9 Å². The Balaban J connectivity index is 2.03. The molecular weight excluding hydrogens is 280 g/mol. The largest absolute Gasteiger partial charge is 0.368 e. The van der Waals surface area contributed by atoms with Gasteiger partial charge in [-0.3, -0.25) is 9.59 Å². The zero-order chi connectivity index (χ0) is 16.2. The van der Waals surface area contributed by atoms with Gasteiger partial charge in [-0.2, -0.15) is 0 Å². The van der Waals surface area contributed by atoms with Crippen LogP contribution in [0.25, 0.3) is 0 Å². The molecule has 0 unspecified atom stereocenters. The van der Waals surface area contributed by atoms with Crippen molar-refractivity contribution in [3.05, 3.63) is 29.8 Å². The van der Waals surface area contributed by atoms with Crippen molar-refractivity contribution in [2.45, 2.75) is 51.7 Å². The molecule has 1 aliphatic rings. The quantitative estimate of drug-likeness (QED) is 0.879. The number of ether oxygens (including phenoxy) is 1. The van der Waals surface area contributed by atoms with E-state index in [1.165, 1.54) is 0 Å². The molecule has 0 spiro atoms. The van der Waals surface area contributed by atoms with Crippen LogP contribution < -0.4 is 10.6 Å². The molecule has 22 heavy (non-hydrogen) atoms. The van der Waals surface area contributed by atoms with Crippen molar-refractivity contribution in [3.8, 4) is 0 Å². The van der Waals surface area contributed by atoms with Gasteiger partial charge in [0.1, 0.15) is 6.10 Å². The predicted octanol–water partition coefficient (Wildman–Crippen LogP) is 2.72. The number of carbonyl (C=O) groups is 2. The minimum absolute atomic E-state index is 0.139. The van der Waals surface area contributed by atoms with E-state index >= 15 is 0 Å². The Hall–Kier alpha value is -1.88. The zero-order valence-corrected chi connectivity index (χ0v) is 13.4. The Labute approximate surface area is 131 Å². The van der Waals surface area contributed by atoms with E-state index in [-0.39, 0.29) is 23.5 Å². The van der Waals surface area contributed by atoms with Crippen LogP contribution in [-0.4, -0.2) is 30.1 Å². The molecule has 1 aromatic carbocycles. The topological polar surface area (TPSA) is 67.4 Å². The van der Waals surface area contributed by atoms with Gasteiger partial charge in [0.05, 0.1) is 0 Å². The molecule has 1 fully saturated rings. The van der Waals surface area contributed by atoms with Crippen molar-refractivity contribution < 1.29 is 14.3 Å². The highest BCUT2D eigenvalue weighted by Crippen LogP contribution is 2.17. The number of rotatable bonds is 5. The molecule has 2 amide bonds. The van der Waals surface area contributed by atoms with Crippen molar-refractivity contribution in [3.63, 3.8) is 0 Å². The number of carbonyl (C=O) groups excluding carboxylic acids is 2. The standard InChI is InChI=1S/C17H24N2O3/c1-4-17(2,3)19-15(20)12-7-5-8-13(11-12)18-16(21)14-9-6-10-22-14/h5,7-8,11,14H,4,6,9-10H2,1-3H3,(H,18,21)(H,19,20)/t14-/m0/s1. The SMILES string of the molecule is CCC(C)(C)NC(=O)c1cccc(NC(=O)[C@@H]2CCCO2)c1. The second kappa shape index (κ2) is 6.92. The summed E-state index contributed by atoms with van der Waals surface area (Å²) in [5.41, 5.74) is 0.891. The van der Waals surface area contributed by atoms with Crippen LogP contribution in [-0.2, 0) is 9.53 Å². The summed E-state index contributed by atoms with van der Waals surface area (Å²) in [4.78, 5) is 24.3. The molecule has 1 heterocycles. The maximum atomic E-state index is 12.3. The second-order valence-corrected chi connectivity index (χ2v) is 6.26. The third-order valence-electron chi connectivity index (χ3n) is 3.95. The van der Waals surface area contributed by atoms with Crippen LogP contribution >= 0.6 is 0 Å². The first-order chi connectivity index (χ1) is 10.4. The minimum atomic E-state index is -0.378. The molecule has 1 saturated heterocycles. The number of hydrogen-bond acceptors (Lipinski definition) is 3. The Bertz CT molecular complexity index is 549. The minimum Gasteiger partial charge on any atom is -0.368 e. The fourth-order valence-electron chi connectivity index (χ4n) is 2.21. The number of hydrogen-bond donors (Lipinski definition) is 2. The Morgan fingerprint density at radius 1 is 1.36 bits per heavy atom. The van der Waals surface area contributed by atoms with E-state index < -0.39 is 0 Å². The van der Waals surface area contributed by atoms with Gasteiger partial charge < -0.3 is 15.4 Å². The average Bonchev–Trinajstić information content (AvgIpc) is 3.01. The molecule has 0 aliphatic carbocycles. The molecule has 0 bridgehead atoms. The number of nitrogens with one attached hydrogen (secondary N) is 2. The van der Waals surface area contributed by atoms with Gasteiger partial charge in [0, 0.05) is 23.4 Å². The van der Waals surface area contributed by atoms with Crippen LogP contribution in [0.5, 0.6) is 0 Å². The number of benzene rings is 1. The summed E-state index contributed by atoms with van der Waals surface area (Å²) in [6.07, 6.45) is 2.12. The lowest BCUT2D eigenvalue weighted by molar-refractivity contribution is -0.124. The maximum absolute atomic E-state index is 12.3. The highest BCUT2D eigenvalue weighted by Gasteiger charge is 2.24. The summed E-state index contributed by atoms with van der Waals surface area (Å²) in [5.74, 6) is -0.288. The summed E-state index contributed by atoms with van der Waals surface area (Å²) >= 11 is 0. The van der Waals surface area contributed by atoms with Gasteiger partial charge in [-0.05, 0) is 51.3 Å². The summed E-state index contributed by atoms with van der Waals surface area (Å²) in [5, 5.41) is 5.79. The monoisotopic (exact) mass is 304 g/mol. The molecule has 120 valence electrons. The molecule has 2 rings (SSSR count). The molecule has 1 aromatic rings. The van der Waals surface area contributed by atoms with Gasteiger partial charge in [0.15, 0.2) is 0 Å². The van der Waals surface area contributed by atoms with Crippen LogP contribution in [0, 0.1) is 0 Å². The van der Waals surface area contributed by atoms with E-state index in [9.17, 15) is 9.59 Å². The summed E-state index contributed by atoms with van der Waals surface area (Å²) in [7, 11) is 0. The fourth-order valence-corrected chi connectivity index (χ4v) is 2.21. The highest BCUT2D eigenvalue weighted by atomic mass is 16.5. The van der Waals surface area contributed by atoms with Gasteiger partial charge in [-0.15, -0.1) is 0 Å². The summed E-state index contributed by atoms with van der Waals surface area (Å²) in [6, 6.07) is 6.96. The number of anilines is 1. The average molecular weight is 304 g/mol. The van der Waals surface area contributed by atoms with E-state index in [1.807, 2.05) is 20.8 Å². The van der Waals surface area contributed by atoms with Gasteiger partial charge in [-0.1, -0.05) is 13.0 Å². The van der Waals surface area contributed by atoms with E-state index in [4.69, 9.17) is 4.74 Å². The van der Waals surface area contributed by atoms with E-state index in [2.05, 4.69) is 10.6 Å². The van der Waals surface area contributed by atoms with Gasteiger partial charge in [-0.25, -0.2) is 0 Å². The lowest BCUT2D eigenvalue weighted by Crippen LogP contribution is -2.42. The molecule has 5 heteroatoms. The fraction of sp³-hybridized carbons (Fsp3) is 0.529. The lowest BCUT2D eigenvalue weighted by atomic mass is 10.0. The van der Waals surface area contributed by atoms with E-state index in [0.29, 0.717) is 17.9 Å². The van der Waals surface area contributed by atoms with E-state index in [0.717, 1.165) is 19.3 Å². The molecule has 1 atom stereocenters. The van der Waals surface area contributed by atoms with Crippen molar-refractivity contribution in [1.29, 1.82) is 0 Å². The normalized spacial score (nSPS) is 18.0. The molecule has 0 aromatic heterocycles. The van der Waals surface area contributed by atoms with Crippen LogP contribution in [0.15, 0.2) is 24.3 Å². The van der Waals surface area contributed by atoms with Gasteiger partial charge in [0.25, 0.3) is 11.8 Å². The zero-order valence-electron chi connectivity index (χ0n) is 13.4. The first-order valence-corrected chi connectivity index (χ1v) is 7.76. The highest BCUT2D eigenvalue weighted by molar-refractivity contribution is 5.98.